The minimum Gasteiger partial charge on any atom is -0.458 e. The summed E-state index contributed by atoms with van der Waals surface area (Å²) < 4.78 is 18.4. The van der Waals surface area contributed by atoms with Gasteiger partial charge in [0.1, 0.15) is 6.61 Å². The Bertz CT molecular complexity index is 1860. The van der Waals surface area contributed by atoms with Crippen LogP contribution in [-0.4, -0.2) is 40.5 Å². The van der Waals surface area contributed by atoms with Crippen LogP contribution in [0.15, 0.2) is 47.3 Å². The van der Waals surface area contributed by atoms with Crippen molar-refractivity contribution in [2.24, 2.45) is 0 Å². The average Bonchev–Trinajstić information content (AvgIpc) is 3.77. The van der Waals surface area contributed by atoms with E-state index in [0.717, 1.165) is 48.0 Å². The highest BCUT2D eigenvalue weighted by Crippen LogP contribution is 2.43. The number of carbonyl (C=O) groups excluding carboxylic acids is 1. The monoisotopic (exact) mass is 565 g/mol. The predicted octanol–water partition coefficient (Wildman–Crippen LogP) is 4.19. The molecule has 8 rings (SSSR count). The van der Waals surface area contributed by atoms with Crippen LogP contribution in [0, 0.1) is 0 Å². The van der Waals surface area contributed by atoms with E-state index in [2.05, 4.69) is 29.2 Å². The molecule has 214 valence electrons. The van der Waals surface area contributed by atoms with E-state index in [9.17, 15) is 14.7 Å². The van der Waals surface area contributed by atoms with Crippen molar-refractivity contribution in [1.29, 1.82) is 0 Å². The number of hydrogen-bond acceptors (Lipinski definition) is 8. The van der Waals surface area contributed by atoms with Gasteiger partial charge in [-0.15, -0.1) is 0 Å². The lowest BCUT2D eigenvalue weighted by Gasteiger charge is -2.31. The van der Waals surface area contributed by atoms with Crippen molar-refractivity contribution in [2.75, 3.05) is 24.8 Å². The van der Waals surface area contributed by atoms with Crippen molar-refractivity contribution in [3.05, 3.63) is 80.6 Å². The first-order valence-electron chi connectivity index (χ1n) is 14.7. The molecule has 1 N–H and O–H groups in total. The summed E-state index contributed by atoms with van der Waals surface area (Å²) in [6, 6.07) is 14.3. The van der Waals surface area contributed by atoms with E-state index in [4.69, 9.17) is 19.2 Å². The molecule has 1 atom stereocenters. The Morgan fingerprint density at radius 2 is 1.76 bits per heavy atom. The van der Waals surface area contributed by atoms with Gasteiger partial charge in [-0.2, -0.15) is 0 Å². The molecule has 1 saturated heterocycles. The molecule has 0 unspecified atom stereocenters. The van der Waals surface area contributed by atoms with Gasteiger partial charge in [-0.3, -0.25) is 4.79 Å². The summed E-state index contributed by atoms with van der Waals surface area (Å²) >= 11 is 0. The topological polar surface area (TPSA) is 103 Å². The van der Waals surface area contributed by atoms with Crippen molar-refractivity contribution >= 4 is 22.6 Å². The fourth-order valence-electron chi connectivity index (χ4n) is 7.09. The van der Waals surface area contributed by atoms with Gasteiger partial charge in [0.2, 0.25) is 6.79 Å². The number of ether oxygens (including phenoxy) is 3. The second kappa shape index (κ2) is 9.32. The Morgan fingerprint density at radius 1 is 0.976 bits per heavy atom. The highest BCUT2D eigenvalue weighted by Gasteiger charge is 2.45. The van der Waals surface area contributed by atoms with Gasteiger partial charge in [0.15, 0.2) is 17.1 Å². The van der Waals surface area contributed by atoms with Gasteiger partial charge in [0.25, 0.3) is 5.56 Å². The minimum atomic E-state index is -1.87. The van der Waals surface area contributed by atoms with Crippen LogP contribution in [0.4, 0.5) is 5.69 Å². The Labute approximate surface area is 242 Å². The Balaban J connectivity index is 1.29. The Hall–Kier alpha value is -4.37. The number of esters is 1. The maximum Gasteiger partial charge on any atom is 0.343 e. The van der Waals surface area contributed by atoms with E-state index in [1.807, 2.05) is 12.1 Å². The molecular formula is C33H31N3O6. The van der Waals surface area contributed by atoms with Gasteiger partial charge in [-0.25, -0.2) is 9.78 Å². The van der Waals surface area contributed by atoms with Crippen molar-refractivity contribution < 1.29 is 24.1 Å². The number of hydrogen-bond donors (Lipinski definition) is 1. The number of fused-ring (bicyclic) bond motifs is 6. The van der Waals surface area contributed by atoms with Gasteiger partial charge in [0.05, 0.1) is 29.0 Å². The number of nitrogens with zero attached hydrogens (tertiary/aromatic N) is 3. The molecule has 4 aliphatic heterocycles. The molecule has 0 spiro atoms. The van der Waals surface area contributed by atoms with E-state index in [-0.39, 0.29) is 25.4 Å². The van der Waals surface area contributed by atoms with Crippen LogP contribution in [0.1, 0.15) is 54.0 Å². The lowest BCUT2D eigenvalue weighted by molar-refractivity contribution is -0.172. The molecule has 0 aliphatic carbocycles. The van der Waals surface area contributed by atoms with Crippen molar-refractivity contribution in [2.45, 2.75) is 57.8 Å². The molecule has 0 saturated carbocycles. The number of aromatic nitrogens is 2. The first-order chi connectivity index (χ1) is 20.5. The number of rotatable bonds is 5. The lowest BCUT2D eigenvalue weighted by Crippen LogP contribution is -2.44. The van der Waals surface area contributed by atoms with Crippen LogP contribution < -0.4 is 19.9 Å². The minimum absolute atomic E-state index is 0.102. The Morgan fingerprint density at radius 3 is 2.57 bits per heavy atom. The number of benzene rings is 2. The number of cyclic esters (lactones) is 1. The summed E-state index contributed by atoms with van der Waals surface area (Å²) in [6.45, 7) is 4.24. The molecule has 6 heterocycles. The fraction of sp³-hybridized carbons (Fsp3) is 0.364. The van der Waals surface area contributed by atoms with Crippen LogP contribution in [0.2, 0.25) is 0 Å². The van der Waals surface area contributed by atoms with Crippen LogP contribution in [0.5, 0.6) is 11.5 Å². The first-order valence-corrected chi connectivity index (χ1v) is 14.7. The second-order valence-electron chi connectivity index (χ2n) is 11.6. The lowest BCUT2D eigenvalue weighted by atomic mass is 9.86. The third-order valence-electron chi connectivity index (χ3n) is 9.38. The first kappa shape index (κ1) is 25.3. The third kappa shape index (κ3) is 3.62. The van der Waals surface area contributed by atoms with E-state index in [1.165, 1.54) is 24.1 Å². The number of pyridine rings is 2. The van der Waals surface area contributed by atoms with Crippen molar-refractivity contribution in [3.8, 4) is 22.9 Å². The van der Waals surface area contributed by atoms with E-state index in [0.29, 0.717) is 40.6 Å². The van der Waals surface area contributed by atoms with Gasteiger partial charge < -0.3 is 28.8 Å². The quantitative estimate of drug-likeness (QED) is 0.317. The Kier molecular flexibility index (Phi) is 5.63. The average molecular weight is 566 g/mol. The zero-order valence-electron chi connectivity index (χ0n) is 23.4. The largest absolute Gasteiger partial charge is 0.458 e. The summed E-state index contributed by atoms with van der Waals surface area (Å²) in [5.41, 5.74) is 5.25. The zero-order valence-corrected chi connectivity index (χ0v) is 23.4. The molecule has 0 amide bonds. The molecule has 9 heteroatoms. The van der Waals surface area contributed by atoms with Gasteiger partial charge in [0, 0.05) is 41.4 Å². The molecule has 9 nitrogen and oxygen atoms in total. The smallest absolute Gasteiger partial charge is 0.343 e. The van der Waals surface area contributed by atoms with E-state index >= 15 is 0 Å². The molecular weight excluding hydrogens is 534 g/mol. The van der Waals surface area contributed by atoms with Crippen LogP contribution in [-0.2, 0) is 41.1 Å². The van der Waals surface area contributed by atoms with Crippen LogP contribution in [0.3, 0.4) is 0 Å². The summed E-state index contributed by atoms with van der Waals surface area (Å²) in [7, 11) is 0. The van der Waals surface area contributed by atoms with Crippen LogP contribution >= 0.6 is 0 Å². The van der Waals surface area contributed by atoms with Gasteiger partial charge in [-0.1, -0.05) is 25.1 Å². The number of aryl methyl sites for hydroxylation is 2. The van der Waals surface area contributed by atoms with Gasteiger partial charge in [-0.05, 0) is 61.4 Å². The molecule has 42 heavy (non-hydrogen) atoms. The maximum absolute atomic E-state index is 13.8. The van der Waals surface area contributed by atoms with E-state index < -0.39 is 11.6 Å². The molecule has 4 aromatic rings. The number of anilines is 1. The van der Waals surface area contributed by atoms with Crippen LogP contribution in [0.25, 0.3) is 22.3 Å². The summed E-state index contributed by atoms with van der Waals surface area (Å²) in [5, 5.41) is 12.3. The zero-order chi connectivity index (χ0) is 28.6. The molecule has 0 radical (unpaired) electrons. The fourth-order valence-corrected chi connectivity index (χ4v) is 7.09. The maximum atomic E-state index is 13.8. The second-order valence-corrected chi connectivity index (χ2v) is 11.6. The van der Waals surface area contributed by atoms with Crippen molar-refractivity contribution in [3.63, 3.8) is 0 Å². The predicted molar refractivity (Wildman–Crippen MR) is 156 cm³/mol. The number of para-hydroxylation sites is 1. The van der Waals surface area contributed by atoms with E-state index in [1.54, 1.807) is 17.6 Å². The summed E-state index contributed by atoms with van der Waals surface area (Å²) in [4.78, 5) is 34.0. The molecule has 2 aromatic carbocycles. The van der Waals surface area contributed by atoms with Gasteiger partial charge >= 0.3 is 5.97 Å². The molecule has 4 aliphatic rings. The molecule has 0 bridgehead atoms. The summed E-state index contributed by atoms with van der Waals surface area (Å²) in [5.74, 6) is 0.607. The third-order valence-corrected chi connectivity index (χ3v) is 9.38. The molecule has 1 fully saturated rings. The normalized spacial score (nSPS) is 20.0. The highest BCUT2D eigenvalue weighted by atomic mass is 16.7. The highest BCUT2D eigenvalue weighted by molar-refractivity contribution is 5.91. The number of aliphatic hydroxyl groups is 1. The van der Waals surface area contributed by atoms with Crippen molar-refractivity contribution in [1.82, 2.24) is 9.55 Å². The molecule has 2 aromatic heterocycles. The summed E-state index contributed by atoms with van der Waals surface area (Å²) in [6.07, 6.45) is 4.10. The SMILES string of the molecule is CC[C@@]1(O)C(=O)OCc2c1cc1n(c2=O)Cc2c-1nc1cc3c(cc1c2CCc1ccccc1N1CCCC1)OCO3. The standard InChI is InChI=1S/C33H31N3O6/c1-2-33(39)24-14-27-30-22(16-36(27)31(37)23(24)17-40-32(33)38)20(21-13-28-29(42-18-41-28)15-25(21)34-30)10-9-19-7-3-4-8-26(19)35-11-5-6-12-35/h3-4,7-8,13-15,39H,2,5-6,9-12,16-18H2,1H3/t33-/m0/s1. The number of carbonyl (C=O) groups is 1.